The minimum atomic E-state index is -0.739. The van der Waals surface area contributed by atoms with Gasteiger partial charge in [-0.3, -0.25) is 4.79 Å². The van der Waals surface area contributed by atoms with Crippen LogP contribution >= 0.6 is 0 Å². The highest BCUT2D eigenvalue weighted by molar-refractivity contribution is 5.94. The molecule has 2 aromatic rings. The fourth-order valence-electron chi connectivity index (χ4n) is 2.74. The van der Waals surface area contributed by atoms with Crippen LogP contribution in [0, 0.1) is 6.92 Å². The largest absolute Gasteiger partial charge is 0.388 e. The Morgan fingerprint density at radius 2 is 2.00 bits per heavy atom. The van der Waals surface area contributed by atoms with Crippen LogP contribution in [0.2, 0.25) is 0 Å². The lowest BCUT2D eigenvalue weighted by Gasteiger charge is -2.22. The molecule has 1 amide bonds. The molecular formula is C16H19N3O3. The highest BCUT2D eigenvalue weighted by Crippen LogP contribution is 2.28. The van der Waals surface area contributed by atoms with Gasteiger partial charge in [0, 0.05) is 17.7 Å². The third kappa shape index (κ3) is 3.17. The molecule has 0 unspecified atom stereocenters. The van der Waals surface area contributed by atoms with Gasteiger partial charge in [-0.05, 0) is 44.0 Å². The normalized spacial score (nSPS) is 16.6. The Bertz CT molecular complexity index is 658. The van der Waals surface area contributed by atoms with Crippen molar-refractivity contribution in [2.75, 3.05) is 6.54 Å². The quantitative estimate of drug-likeness (QED) is 0.902. The molecule has 116 valence electrons. The van der Waals surface area contributed by atoms with Crippen LogP contribution in [0.5, 0.6) is 0 Å². The number of aryl methyl sites for hydroxylation is 1. The van der Waals surface area contributed by atoms with E-state index >= 15 is 0 Å². The molecule has 6 nitrogen and oxygen atoms in total. The molecule has 1 saturated carbocycles. The van der Waals surface area contributed by atoms with E-state index in [4.69, 9.17) is 4.52 Å². The minimum absolute atomic E-state index is 0.186. The van der Waals surface area contributed by atoms with Crippen LogP contribution in [0.15, 0.2) is 28.8 Å². The topological polar surface area (TPSA) is 88.2 Å². The van der Waals surface area contributed by atoms with Gasteiger partial charge in [0.15, 0.2) is 5.82 Å². The Balaban J connectivity index is 1.63. The van der Waals surface area contributed by atoms with E-state index in [9.17, 15) is 9.90 Å². The van der Waals surface area contributed by atoms with E-state index in [0.717, 1.165) is 31.2 Å². The van der Waals surface area contributed by atoms with Crippen LogP contribution in [0.1, 0.15) is 41.9 Å². The summed E-state index contributed by atoms with van der Waals surface area (Å²) in [5.41, 5.74) is 0.574. The molecule has 22 heavy (non-hydrogen) atoms. The second kappa shape index (κ2) is 5.88. The molecule has 2 N–H and O–H groups in total. The van der Waals surface area contributed by atoms with E-state index in [-0.39, 0.29) is 5.91 Å². The summed E-state index contributed by atoms with van der Waals surface area (Å²) in [6.45, 7) is 2.05. The molecule has 1 heterocycles. The van der Waals surface area contributed by atoms with E-state index in [1.165, 1.54) is 0 Å². The lowest BCUT2D eigenvalue weighted by molar-refractivity contribution is 0.0449. The van der Waals surface area contributed by atoms with Gasteiger partial charge in [0.05, 0.1) is 5.60 Å². The Hall–Kier alpha value is -2.21. The summed E-state index contributed by atoms with van der Waals surface area (Å²) in [4.78, 5) is 16.3. The van der Waals surface area contributed by atoms with Crippen molar-refractivity contribution in [1.82, 2.24) is 15.5 Å². The van der Waals surface area contributed by atoms with Crippen molar-refractivity contribution in [2.45, 2.75) is 38.2 Å². The second-order valence-corrected chi connectivity index (χ2v) is 5.84. The number of aliphatic hydroxyl groups is 1. The van der Waals surface area contributed by atoms with E-state index < -0.39 is 5.60 Å². The number of rotatable bonds is 4. The number of hydrogen-bond donors (Lipinski definition) is 2. The highest BCUT2D eigenvalue weighted by atomic mass is 16.5. The maximum atomic E-state index is 12.1. The van der Waals surface area contributed by atoms with Crippen LogP contribution in [-0.4, -0.2) is 33.3 Å². The molecule has 0 spiro atoms. The van der Waals surface area contributed by atoms with Crippen molar-refractivity contribution in [3.05, 3.63) is 35.7 Å². The van der Waals surface area contributed by atoms with Crippen LogP contribution in [0.25, 0.3) is 11.5 Å². The standard InChI is InChI=1S/C16H19N3O3/c1-11-18-15(22-19-11)13-6-4-12(5-7-13)14(20)17-10-16(21)8-2-3-9-16/h4-7,21H,2-3,8-10H2,1H3,(H,17,20). The van der Waals surface area contributed by atoms with Crippen molar-refractivity contribution in [1.29, 1.82) is 0 Å². The summed E-state index contributed by atoms with van der Waals surface area (Å²) in [7, 11) is 0. The van der Waals surface area contributed by atoms with Gasteiger partial charge in [0.1, 0.15) is 0 Å². The van der Waals surface area contributed by atoms with Crippen molar-refractivity contribution < 1.29 is 14.4 Å². The third-order valence-electron chi connectivity index (χ3n) is 4.03. The maximum Gasteiger partial charge on any atom is 0.257 e. The van der Waals surface area contributed by atoms with Crippen LogP contribution in [-0.2, 0) is 0 Å². The van der Waals surface area contributed by atoms with Gasteiger partial charge >= 0.3 is 0 Å². The fraction of sp³-hybridized carbons (Fsp3) is 0.438. The molecular weight excluding hydrogens is 282 g/mol. The summed E-state index contributed by atoms with van der Waals surface area (Å²) in [5, 5.41) is 16.8. The molecule has 1 aliphatic rings. The molecule has 1 aromatic carbocycles. The average molecular weight is 301 g/mol. The molecule has 1 fully saturated rings. The van der Waals surface area contributed by atoms with Crippen molar-refractivity contribution in [3.63, 3.8) is 0 Å². The Morgan fingerprint density at radius 3 is 2.59 bits per heavy atom. The summed E-state index contributed by atoms with van der Waals surface area (Å²) in [6, 6.07) is 6.96. The average Bonchev–Trinajstić information content (AvgIpc) is 3.14. The molecule has 0 saturated heterocycles. The number of carbonyl (C=O) groups is 1. The van der Waals surface area contributed by atoms with Gasteiger partial charge < -0.3 is 14.9 Å². The summed E-state index contributed by atoms with van der Waals surface area (Å²) in [5.74, 6) is 0.819. The number of amides is 1. The Labute approximate surface area is 128 Å². The SMILES string of the molecule is Cc1noc(-c2ccc(C(=O)NCC3(O)CCCC3)cc2)n1. The molecule has 0 aliphatic heterocycles. The zero-order chi connectivity index (χ0) is 15.6. The number of benzene rings is 1. The van der Waals surface area contributed by atoms with Gasteiger partial charge in [-0.15, -0.1) is 0 Å². The predicted molar refractivity (Wildman–Crippen MR) is 80.2 cm³/mol. The molecule has 1 aromatic heterocycles. The molecule has 0 atom stereocenters. The monoisotopic (exact) mass is 301 g/mol. The van der Waals surface area contributed by atoms with Gasteiger partial charge in [-0.1, -0.05) is 18.0 Å². The Kier molecular flexibility index (Phi) is 3.94. The van der Waals surface area contributed by atoms with E-state index in [0.29, 0.717) is 23.8 Å². The third-order valence-corrected chi connectivity index (χ3v) is 4.03. The van der Waals surface area contributed by atoms with E-state index in [1.54, 1.807) is 31.2 Å². The zero-order valence-electron chi connectivity index (χ0n) is 12.5. The zero-order valence-corrected chi connectivity index (χ0v) is 12.5. The molecule has 0 bridgehead atoms. The molecule has 6 heteroatoms. The minimum Gasteiger partial charge on any atom is -0.388 e. The fourth-order valence-corrected chi connectivity index (χ4v) is 2.74. The summed E-state index contributed by atoms with van der Waals surface area (Å²) >= 11 is 0. The van der Waals surface area contributed by atoms with Crippen molar-refractivity contribution in [3.8, 4) is 11.5 Å². The number of nitrogens with zero attached hydrogens (tertiary/aromatic N) is 2. The first-order valence-corrected chi connectivity index (χ1v) is 7.47. The molecule has 0 radical (unpaired) electrons. The smallest absolute Gasteiger partial charge is 0.257 e. The lowest BCUT2D eigenvalue weighted by atomic mass is 10.0. The number of hydrogen-bond acceptors (Lipinski definition) is 5. The second-order valence-electron chi connectivity index (χ2n) is 5.84. The molecule has 3 rings (SSSR count). The van der Waals surface area contributed by atoms with Crippen molar-refractivity contribution >= 4 is 5.91 Å². The van der Waals surface area contributed by atoms with Crippen LogP contribution in [0.3, 0.4) is 0 Å². The molecule has 1 aliphatic carbocycles. The van der Waals surface area contributed by atoms with E-state index in [1.807, 2.05) is 0 Å². The Morgan fingerprint density at radius 1 is 1.32 bits per heavy atom. The lowest BCUT2D eigenvalue weighted by Crippen LogP contribution is -2.40. The van der Waals surface area contributed by atoms with Crippen LogP contribution < -0.4 is 5.32 Å². The first kappa shape index (κ1) is 14.7. The summed E-state index contributed by atoms with van der Waals surface area (Å²) in [6.07, 6.45) is 3.54. The number of aromatic nitrogens is 2. The van der Waals surface area contributed by atoms with E-state index in [2.05, 4.69) is 15.5 Å². The maximum absolute atomic E-state index is 12.1. The predicted octanol–water partition coefficient (Wildman–Crippen LogP) is 2.08. The number of nitrogens with one attached hydrogen (secondary N) is 1. The van der Waals surface area contributed by atoms with Gasteiger partial charge in [-0.2, -0.15) is 4.98 Å². The van der Waals surface area contributed by atoms with Crippen LogP contribution in [0.4, 0.5) is 0 Å². The van der Waals surface area contributed by atoms with Gasteiger partial charge in [0.25, 0.3) is 11.8 Å². The summed E-state index contributed by atoms with van der Waals surface area (Å²) < 4.78 is 5.08. The first-order valence-electron chi connectivity index (χ1n) is 7.47. The van der Waals surface area contributed by atoms with Gasteiger partial charge in [-0.25, -0.2) is 0 Å². The first-order chi connectivity index (χ1) is 10.6. The highest BCUT2D eigenvalue weighted by Gasteiger charge is 2.31. The number of carbonyl (C=O) groups excluding carboxylic acids is 1. The van der Waals surface area contributed by atoms with Crippen molar-refractivity contribution in [2.24, 2.45) is 0 Å². The van der Waals surface area contributed by atoms with Gasteiger partial charge in [0.2, 0.25) is 0 Å².